The lowest BCUT2D eigenvalue weighted by Gasteiger charge is -2.39. The molecule has 0 saturated carbocycles. The van der Waals surface area contributed by atoms with Crippen molar-refractivity contribution in [3.05, 3.63) is 18.0 Å². The average molecular weight is 277 g/mol. The summed E-state index contributed by atoms with van der Waals surface area (Å²) in [4.78, 5) is 12.6. The molecule has 2 aliphatic heterocycles. The summed E-state index contributed by atoms with van der Waals surface area (Å²) in [5.41, 5.74) is 0.655. The molecule has 0 aliphatic carbocycles. The van der Waals surface area contributed by atoms with E-state index in [1.807, 2.05) is 10.9 Å². The highest BCUT2D eigenvalue weighted by molar-refractivity contribution is 5.97. The minimum Gasteiger partial charge on any atom is -0.378 e. The topological polar surface area (TPSA) is 56.1 Å². The first-order chi connectivity index (χ1) is 9.43. The predicted octanol–water partition coefficient (Wildman–Crippen LogP) is 1.59. The highest BCUT2D eigenvalue weighted by atomic mass is 16.5. The number of nitrogens with zero attached hydrogens (tertiary/aromatic N) is 2. The van der Waals surface area contributed by atoms with E-state index in [4.69, 9.17) is 4.74 Å². The van der Waals surface area contributed by atoms with Crippen LogP contribution in [0.5, 0.6) is 0 Å². The Morgan fingerprint density at radius 2 is 2.00 bits per heavy atom. The fourth-order valence-corrected chi connectivity index (χ4v) is 3.10. The van der Waals surface area contributed by atoms with Crippen molar-refractivity contribution in [2.24, 2.45) is 5.92 Å². The predicted molar refractivity (Wildman–Crippen MR) is 75.8 cm³/mol. The van der Waals surface area contributed by atoms with Gasteiger partial charge in [-0.05, 0) is 33.6 Å². The Morgan fingerprint density at radius 1 is 1.35 bits per heavy atom. The summed E-state index contributed by atoms with van der Waals surface area (Å²) < 4.78 is 7.40. The summed E-state index contributed by atoms with van der Waals surface area (Å²) in [5.74, 6) is 0.340. The van der Waals surface area contributed by atoms with E-state index in [0.29, 0.717) is 12.1 Å². The molecule has 2 aliphatic rings. The molecular formula is C15H23N3O2. The van der Waals surface area contributed by atoms with Gasteiger partial charge in [-0.15, -0.1) is 0 Å². The van der Waals surface area contributed by atoms with Crippen LogP contribution in [0.25, 0.3) is 0 Å². The Hall–Kier alpha value is -1.20. The van der Waals surface area contributed by atoms with Crippen LogP contribution in [-0.4, -0.2) is 40.9 Å². The molecule has 1 aromatic rings. The highest BCUT2D eigenvalue weighted by Crippen LogP contribution is 2.27. The molecular weight excluding hydrogens is 254 g/mol. The summed E-state index contributed by atoms with van der Waals surface area (Å²) in [5, 5.41) is 7.85. The molecule has 0 spiro atoms. The zero-order chi connectivity index (χ0) is 14.3. The molecule has 1 N–H and O–H groups in total. The average Bonchev–Trinajstić information content (AvgIpc) is 2.86. The maximum atomic E-state index is 12.6. The van der Waals surface area contributed by atoms with Gasteiger partial charge in [0.05, 0.1) is 30.5 Å². The first-order valence-corrected chi connectivity index (χ1v) is 7.36. The molecule has 1 aromatic heterocycles. The van der Waals surface area contributed by atoms with Crippen LogP contribution in [-0.2, 0) is 10.3 Å². The lowest BCUT2D eigenvalue weighted by atomic mass is 9.83. The number of carbonyl (C=O) groups excluding carboxylic acids is 1. The van der Waals surface area contributed by atoms with Crippen molar-refractivity contribution in [3.63, 3.8) is 0 Å². The fourth-order valence-electron chi connectivity index (χ4n) is 3.10. The molecule has 20 heavy (non-hydrogen) atoms. The number of rotatable bonds is 2. The summed E-state index contributed by atoms with van der Waals surface area (Å²) >= 11 is 0. The van der Waals surface area contributed by atoms with Crippen molar-refractivity contribution in [2.45, 2.75) is 51.2 Å². The normalized spacial score (nSPS) is 30.2. The first-order valence-electron chi connectivity index (χ1n) is 7.36. The number of hydrogen-bond acceptors (Lipinski definition) is 4. The van der Waals surface area contributed by atoms with E-state index in [1.54, 1.807) is 6.20 Å². The van der Waals surface area contributed by atoms with Crippen LogP contribution in [0.2, 0.25) is 0 Å². The molecule has 5 nitrogen and oxygen atoms in total. The number of ether oxygens (including phenoxy) is 1. The Bertz CT molecular complexity index is 491. The quantitative estimate of drug-likeness (QED) is 0.834. The molecule has 2 saturated heterocycles. The summed E-state index contributed by atoms with van der Waals surface area (Å²) in [7, 11) is 0. The first kappa shape index (κ1) is 13.8. The van der Waals surface area contributed by atoms with Gasteiger partial charge in [-0.3, -0.25) is 9.48 Å². The number of aromatic nitrogens is 2. The molecule has 2 atom stereocenters. The molecule has 5 heteroatoms. The van der Waals surface area contributed by atoms with E-state index in [9.17, 15) is 4.79 Å². The number of nitrogens with one attached hydrogen (secondary N) is 1. The standard InChI is InChI=1S/C15H23N3O2/c1-15(2,3)18-7-11(6-16-18)14(19)10-4-12-8-20-9-13(5-10)17-12/h6-7,10,12-13,17H,4-5,8-9H2,1-3H3. The maximum absolute atomic E-state index is 12.6. The van der Waals surface area contributed by atoms with Crippen molar-refractivity contribution in [1.82, 2.24) is 15.1 Å². The third-order valence-corrected chi connectivity index (χ3v) is 4.17. The zero-order valence-electron chi connectivity index (χ0n) is 12.4. The molecule has 2 bridgehead atoms. The van der Waals surface area contributed by atoms with E-state index in [2.05, 4.69) is 31.2 Å². The second-order valence-corrected chi connectivity index (χ2v) is 6.97. The minimum absolute atomic E-state index is 0.0863. The maximum Gasteiger partial charge on any atom is 0.169 e. The second kappa shape index (κ2) is 4.97. The second-order valence-electron chi connectivity index (χ2n) is 6.97. The monoisotopic (exact) mass is 277 g/mol. The van der Waals surface area contributed by atoms with Crippen LogP contribution in [0.1, 0.15) is 44.0 Å². The molecule has 110 valence electrons. The van der Waals surface area contributed by atoms with E-state index in [0.717, 1.165) is 31.6 Å². The molecule has 2 unspecified atom stereocenters. The van der Waals surface area contributed by atoms with Gasteiger partial charge in [-0.1, -0.05) is 0 Å². The van der Waals surface area contributed by atoms with Gasteiger partial charge in [-0.25, -0.2) is 0 Å². The number of morpholine rings is 1. The minimum atomic E-state index is -0.0863. The number of Topliss-reactive ketones (excluding diaryl/α,β-unsaturated/α-hetero) is 1. The number of piperidine rings is 1. The number of carbonyl (C=O) groups is 1. The van der Waals surface area contributed by atoms with Crippen molar-refractivity contribution in [3.8, 4) is 0 Å². The van der Waals surface area contributed by atoms with E-state index in [-0.39, 0.29) is 17.2 Å². The van der Waals surface area contributed by atoms with Crippen LogP contribution in [0, 0.1) is 5.92 Å². The van der Waals surface area contributed by atoms with Crippen LogP contribution in [0.4, 0.5) is 0 Å². The smallest absolute Gasteiger partial charge is 0.169 e. The highest BCUT2D eigenvalue weighted by Gasteiger charge is 2.36. The zero-order valence-corrected chi connectivity index (χ0v) is 12.4. The van der Waals surface area contributed by atoms with Crippen molar-refractivity contribution >= 4 is 5.78 Å². The Kier molecular flexibility index (Phi) is 3.42. The molecule has 3 heterocycles. The van der Waals surface area contributed by atoms with Gasteiger partial charge in [0.25, 0.3) is 0 Å². The molecule has 0 aromatic carbocycles. The lowest BCUT2D eigenvalue weighted by molar-refractivity contribution is 0.00952. The van der Waals surface area contributed by atoms with E-state index >= 15 is 0 Å². The van der Waals surface area contributed by atoms with Gasteiger partial charge >= 0.3 is 0 Å². The summed E-state index contributed by atoms with van der Waals surface area (Å²) in [6, 6.07) is 0.656. The third kappa shape index (κ3) is 2.65. The Balaban J connectivity index is 1.74. The SMILES string of the molecule is CC(C)(C)n1cc(C(=O)C2CC3COCC(C2)N3)cn1. The molecule has 2 fully saturated rings. The van der Waals surface area contributed by atoms with Crippen molar-refractivity contribution in [1.29, 1.82) is 0 Å². The third-order valence-electron chi connectivity index (χ3n) is 4.17. The fraction of sp³-hybridized carbons (Fsp3) is 0.733. The van der Waals surface area contributed by atoms with Crippen molar-refractivity contribution < 1.29 is 9.53 Å². The van der Waals surface area contributed by atoms with Gasteiger partial charge in [0.15, 0.2) is 5.78 Å². The van der Waals surface area contributed by atoms with Gasteiger partial charge in [0.1, 0.15) is 0 Å². The number of fused-ring (bicyclic) bond motifs is 2. The van der Waals surface area contributed by atoms with Crippen LogP contribution in [0.3, 0.4) is 0 Å². The van der Waals surface area contributed by atoms with Gasteiger partial charge < -0.3 is 10.1 Å². The van der Waals surface area contributed by atoms with E-state index < -0.39 is 0 Å². The molecule has 0 radical (unpaired) electrons. The molecule has 3 rings (SSSR count). The largest absolute Gasteiger partial charge is 0.378 e. The Labute approximate surface area is 119 Å². The number of hydrogen-bond donors (Lipinski definition) is 1. The lowest BCUT2D eigenvalue weighted by Crippen LogP contribution is -2.55. The van der Waals surface area contributed by atoms with Crippen molar-refractivity contribution in [2.75, 3.05) is 13.2 Å². The van der Waals surface area contributed by atoms with E-state index in [1.165, 1.54) is 0 Å². The van der Waals surface area contributed by atoms with Gasteiger partial charge in [0.2, 0.25) is 0 Å². The molecule has 0 amide bonds. The van der Waals surface area contributed by atoms with Gasteiger partial charge in [0, 0.05) is 24.2 Å². The Morgan fingerprint density at radius 3 is 2.55 bits per heavy atom. The van der Waals surface area contributed by atoms with Gasteiger partial charge in [-0.2, -0.15) is 5.10 Å². The van der Waals surface area contributed by atoms with Crippen LogP contribution < -0.4 is 5.32 Å². The number of ketones is 1. The summed E-state index contributed by atoms with van der Waals surface area (Å²) in [6.45, 7) is 7.70. The van der Waals surface area contributed by atoms with Crippen LogP contribution in [0.15, 0.2) is 12.4 Å². The van der Waals surface area contributed by atoms with Crippen LogP contribution >= 0.6 is 0 Å². The summed E-state index contributed by atoms with van der Waals surface area (Å²) in [6.07, 6.45) is 5.34.